The van der Waals surface area contributed by atoms with E-state index in [1.54, 1.807) is 12.1 Å². The van der Waals surface area contributed by atoms with Gasteiger partial charge in [-0.05, 0) is 23.3 Å². The van der Waals surface area contributed by atoms with Crippen molar-refractivity contribution in [3.63, 3.8) is 0 Å². The molecule has 0 radical (unpaired) electrons. The van der Waals surface area contributed by atoms with Gasteiger partial charge < -0.3 is 4.74 Å². The number of hydrogen-bond acceptors (Lipinski definition) is 5. The monoisotopic (exact) mass is 326 g/mol. The molecule has 0 fully saturated rings. The zero-order chi connectivity index (χ0) is 16.8. The third-order valence-electron chi connectivity index (χ3n) is 3.71. The summed E-state index contributed by atoms with van der Waals surface area (Å²) in [5.74, 6) is 0. The highest BCUT2D eigenvalue weighted by atomic mass is 16.7. The van der Waals surface area contributed by atoms with Crippen molar-refractivity contribution >= 4 is 5.69 Å². The smallest absolute Gasteiger partial charge is 0.269 e. The lowest BCUT2D eigenvalue weighted by Gasteiger charge is -2.24. The van der Waals surface area contributed by atoms with Gasteiger partial charge in [0, 0.05) is 12.1 Å². The Morgan fingerprint density at radius 3 is 2.46 bits per heavy atom. The molecule has 1 aliphatic heterocycles. The van der Waals surface area contributed by atoms with Gasteiger partial charge in [0.1, 0.15) is 6.10 Å². The maximum absolute atomic E-state index is 10.7. The van der Waals surface area contributed by atoms with Crippen molar-refractivity contribution in [2.75, 3.05) is 6.61 Å². The maximum atomic E-state index is 10.7. The number of nitro groups is 1. The largest absolute Gasteiger partial charge is 0.375 e. The molecule has 0 saturated carbocycles. The highest BCUT2D eigenvalue weighted by Crippen LogP contribution is 2.23. The normalized spacial score (nSPS) is 20.0. The van der Waals surface area contributed by atoms with Crippen LogP contribution < -0.4 is 5.48 Å². The fourth-order valence-corrected chi connectivity index (χ4v) is 2.41. The molecule has 6 nitrogen and oxygen atoms in total. The van der Waals surface area contributed by atoms with E-state index in [2.05, 4.69) is 5.48 Å². The summed E-state index contributed by atoms with van der Waals surface area (Å²) < 4.78 is 5.67. The average molecular weight is 326 g/mol. The summed E-state index contributed by atoms with van der Waals surface area (Å²) in [5, 5.41) is 10.7. The molecule has 1 aliphatic rings. The number of nitrogens with zero attached hydrogens (tertiary/aromatic N) is 1. The number of rotatable bonds is 6. The van der Waals surface area contributed by atoms with E-state index in [0.717, 1.165) is 11.1 Å². The van der Waals surface area contributed by atoms with Gasteiger partial charge in [0.15, 0.2) is 0 Å². The van der Waals surface area contributed by atoms with Gasteiger partial charge in [0.2, 0.25) is 0 Å². The van der Waals surface area contributed by atoms with Crippen LogP contribution in [0.15, 0.2) is 66.7 Å². The van der Waals surface area contributed by atoms with Gasteiger partial charge in [0.25, 0.3) is 5.69 Å². The summed E-state index contributed by atoms with van der Waals surface area (Å²) in [7, 11) is 0. The van der Waals surface area contributed by atoms with Crippen molar-refractivity contribution in [1.29, 1.82) is 0 Å². The van der Waals surface area contributed by atoms with Gasteiger partial charge >= 0.3 is 0 Å². The molecule has 24 heavy (non-hydrogen) atoms. The number of nitro benzene ring substituents is 1. The van der Waals surface area contributed by atoms with Gasteiger partial charge in [-0.3, -0.25) is 15.0 Å². The molecule has 124 valence electrons. The molecule has 0 aromatic heterocycles. The van der Waals surface area contributed by atoms with Gasteiger partial charge in [-0.1, -0.05) is 42.5 Å². The van der Waals surface area contributed by atoms with E-state index >= 15 is 0 Å². The molecular weight excluding hydrogens is 308 g/mol. The molecule has 2 aromatic rings. The number of ether oxygens (including phenoxy) is 1. The Morgan fingerprint density at radius 2 is 1.83 bits per heavy atom. The lowest BCUT2D eigenvalue weighted by atomic mass is 10.1. The first kappa shape index (κ1) is 16.3. The highest BCUT2D eigenvalue weighted by molar-refractivity contribution is 5.35. The summed E-state index contributed by atoms with van der Waals surface area (Å²) >= 11 is 0. The SMILES string of the molecule is O=[N+]([O-])c1ccc([C@@H]2C=C[C@H](COCc3ccccc3)NO2)cc1. The van der Waals surface area contributed by atoms with Crippen LogP contribution in [0.5, 0.6) is 0 Å². The number of benzene rings is 2. The molecule has 3 rings (SSSR count). The van der Waals surface area contributed by atoms with Crippen molar-refractivity contribution in [3.05, 3.63) is 88.0 Å². The van der Waals surface area contributed by atoms with Crippen LogP contribution in [0.25, 0.3) is 0 Å². The van der Waals surface area contributed by atoms with Gasteiger partial charge in [0.05, 0.1) is 24.2 Å². The van der Waals surface area contributed by atoms with Crippen molar-refractivity contribution < 1.29 is 14.5 Å². The van der Waals surface area contributed by atoms with Crippen LogP contribution in [0.1, 0.15) is 17.2 Å². The van der Waals surface area contributed by atoms with Crippen LogP contribution in [0.2, 0.25) is 0 Å². The molecule has 1 heterocycles. The third-order valence-corrected chi connectivity index (χ3v) is 3.71. The maximum Gasteiger partial charge on any atom is 0.269 e. The lowest BCUT2D eigenvalue weighted by molar-refractivity contribution is -0.384. The number of non-ortho nitro benzene ring substituents is 1. The average Bonchev–Trinajstić information content (AvgIpc) is 2.63. The molecule has 6 heteroatoms. The summed E-state index contributed by atoms with van der Waals surface area (Å²) in [5.41, 5.74) is 5.00. The Hall–Kier alpha value is -2.54. The fraction of sp³-hybridized carbons (Fsp3) is 0.222. The van der Waals surface area contributed by atoms with Gasteiger partial charge in [-0.15, -0.1) is 0 Å². The molecule has 0 spiro atoms. The van der Waals surface area contributed by atoms with E-state index in [4.69, 9.17) is 9.57 Å². The van der Waals surface area contributed by atoms with E-state index < -0.39 is 4.92 Å². The minimum Gasteiger partial charge on any atom is -0.375 e. The van der Waals surface area contributed by atoms with E-state index in [-0.39, 0.29) is 17.8 Å². The molecular formula is C18H18N2O4. The fourth-order valence-electron chi connectivity index (χ4n) is 2.41. The van der Waals surface area contributed by atoms with E-state index in [1.807, 2.05) is 42.5 Å². The zero-order valence-corrected chi connectivity index (χ0v) is 13.0. The number of hydroxylamine groups is 1. The Balaban J connectivity index is 1.49. The summed E-state index contributed by atoms with van der Waals surface area (Å²) in [4.78, 5) is 15.8. The first-order valence-corrected chi connectivity index (χ1v) is 7.68. The molecule has 0 unspecified atom stereocenters. The third kappa shape index (κ3) is 4.26. The molecule has 0 aliphatic carbocycles. The van der Waals surface area contributed by atoms with Crippen molar-refractivity contribution in [2.45, 2.75) is 18.8 Å². The van der Waals surface area contributed by atoms with Gasteiger partial charge in [-0.2, -0.15) is 5.48 Å². The second-order valence-electron chi connectivity index (χ2n) is 5.50. The van der Waals surface area contributed by atoms with E-state index in [0.29, 0.717) is 13.2 Å². The first-order valence-electron chi connectivity index (χ1n) is 7.68. The van der Waals surface area contributed by atoms with Crippen LogP contribution >= 0.6 is 0 Å². The van der Waals surface area contributed by atoms with Gasteiger partial charge in [-0.25, -0.2) is 0 Å². The quantitative estimate of drug-likeness (QED) is 0.501. The molecule has 2 aromatic carbocycles. The topological polar surface area (TPSA) is 73.6 Å². The first-order chi connectivity index (χ1) is 11.7. The predicted molar refractivity (Wildman–Crippen MR) is 89.1 cm³/mol. The lowest BCUT2D eigenvalue weighted by Crippen LogP contribution is -2.35. The Bertz CT molecular complexity index is 701. The van der Waals surface area contributed by atoms with Crippen LogP contribution in [0.3, 0.4) is 0 Å². The van der Waals surface area contributed by atoms with Crippen molar-refractivity contribution in [1.82, 2.24) is 5.48 Å². The Kier molecular flexibility index (Phi) is 5.32. The second kappa shape index (κ2) is 7.83. The van der Waals surface area contributed by atoms with Crippen LogP contribution in [-0.4, -0.2) is 17.6 Å². The molecule has 0 bridgehead atoms. The minimum atomic E-state index is -0.417. The zero-order valence-electron chi connectivity index (χ0n) is 13.0. The molecule has 1 N–H and O–H groups in total. The summed E-state index contributed by atoms with van der Waals surface area (Å²) in [6, 6.07) is 16.3. The summed E-state index contributed by atoms with van der Waals surface area (Å²) in [6.45, 7) is 1.05. The highest BCUT2D eigenvalue weighted by Gasteiger charge is 2.18. The van der Waals surface area contributed by atoms with Crippen molar-refractivity contribution in [3.8, 4) is 0 Å². The van der Waals surface area contributed by atoms with Crippen LogP contribution in [0.4, 0.5) is 5.69 Å². The minimum absolute atomic E-state index is 0.0250. The van der Waals surface area contributed by atoms with Crippen molar-refractivity contribution in [2.24, 2.45) is 0 Å². The number of hydrogen-bond donors (Lipinski definition) is 1. The Morgan fingerprint density at radius 1 is 1.08 bits per heavy atom. The van der Waals surface area contributed by atoms with Crippen LogP contribution in [0, 0.1) is 10.1 Å². The Labute approximate surface area is 139 Å². The predicted octanol–water partition coefficient (Wildman–Crippen LogP) is 3.31. The number of nitrogens with one attached hydrogen (secondary N) is 1. The molecule has 0 saturated heterocycles. The van der Waals surface area contributed by atoms with E-state index in [9.17, 15) is 10.1 Å². The molecule has 2 atom stereocenters. The second-order valence-corrected chi connectivity index (χ2v) is 5.50. The van der Waals surface area contributed by atoms with E-state index in [1.165, 1.54) is 12.1 Å². The standard InChI is InChI=1S/C18H18N2O4/c21-20(22)17-9-6-15(7-10-17)18-11-8-16(19-24-18)13-23-12-14-4-2-1-3-5-14/h1-11,16,18-19H,12-13H2/t16-,18+/m1/s1. The summed E-state index contributed by atoms with van der Waals surface area (Å²) in [6.07, 6.45) is 3.64. The molecule has 0 amide bonds. The van der Waals surface area contributed by atoms with Crippen LogP contribution in [-0.2, 0) is 16.2 Å².